The van der Waals surface area contributed by atoms with Crippen LogP contribution in [0.3, 0.4) is 0 Å². The number of aliphatic hydroxyl groups excluding tert-OH is 2. The molecular weight excluding hydrogens is 476 g/mol. The number of amides is 2. The van der Waals surface area contributed by atoms with E-state index in [1.165, 1.54) is 22.8 Å². The fraction of sp³-hybridized carbons (Fsp3) is 0.520. The summed E-state index contributed by atoms with van der Waals surface area (Å²) in [5, 5.41) is 31.7. The van der Waals surface area contributed by atoms with Crippen LogP contribution in [0.15, 0.2) is 36.8 Å². The van der Waals surface area contributed by atoms with Crippen molar-refractivity contribution in [2.45, 2.75) is 57.1 Å². The second-order valence-electron chi connectivity index (χ2n) is 10.5. The lowest BCUT2D eigenvalue weighted by Gasteiger charge is -2.22. The van der Waals surface area contributed by atoms with Gasteiger partial charge in [-0.25, -0.2) is 19.4 Å². The number of aromatic nitrogens is 4. The van der Waals surface area contributed by atoms with Gasteiger partial charge in [0.25, 0.3) is 0 Å². The number of benzene rings is 1. The summed E-state index contributed by atoms with van der Waals surface area (Å²) in [5.41, 5.74) is 8.29. The summed E-state index contributed by atoms with van der Waals surface area (Å²) in [7, 11) is 1.89. The van der Waals surface area contributed by atoms with Gasteiger partial charge in [-0.1, -0.05) is 32.9 Å². The second kappa shape index (κ2) is 11.0. The Morgan fingerprint density at radius 1 is 1.19 bits per heavy atom. The van der Waals surface area contributed by atoms with E-state index in [1.54, 1.807) is 0 Å². The van der Waals surface area contributed by atoms with E-state index in [4.69, 9.17) is 10.5 Å². The Labute approximate surface area is 215 Å². The molecule has 0 bridgehead atoms. The third-order valence-corrected chi connectivity index (χ3v) is 6.50. The number of anilines is 2. The molecule has 1 aromatic carbocycles. The van der Waals surface area contributed by atoms with E-state index in [9.17, 15) is 15.0 Å². The standard InChI is InChI=1S/C25H36N8O4/c1-25(2,3)15-6-8-16(9-7-15)31-24(36)27-10-5-11-32(4)13-18-19(34)20(35)23(37-18)33-22-17(12-30-33)21(26)28-14-29-22/h6-9,12,14,18-20,23,34-35H,5,10-11,13H2,1-4H3,(H2,26,28,29)(H2,27,31,36)/t18-,19-,20?,23-/m1/s1. The molecule has 3 heterocycles. The smallest absolute Gasteiger partial charge is 0.319 e. The number of nitrogen functional groups attached to an aromatic ring is 1. The largest absolute Gasteiger partial charge is 0.387 e. The molecule has 0 spiro atoms. The van der Waals surface area contributed by atoms with Crippen LogP contribution in [-0.4, -0.2) is 85.9 Å². The lowest BCUT2D eigenvalue weighted by molar-refractivity contribution is -0.0485. The zero-order chi connectivity index (χ0) is 26.7. The van der Waals surface area contributed by atoms with Gasteiger partial charge in [-0.3, -0.25) is 0 Å². The summed E-state index contributed by atoms with van der Waals surface area (Å²) in [6.45, 7) is 7.96. The number of hydrogen-bond acceptors (Lipinski definition) is 9. The lowest BCUT2D eigenvalue weighted by Crippen LogP contribution is -2.39. The van der Waals surface area contributed by atoms with E-state index in [1.807, 2.05) is 36.2 Å². The molecule has 200 valence electrons. The van der Waals surface area contributed by atoms with Gasteiger partial charge in [0.1, 0.15) is 30.5 Å². The first-order valence-corrected chi connectivity index (χ1v) is 12.3. The van der Waals surface area contributed by atoms with Crippen molar-refractivity contribution in [3.05, 3.63) is 42.4 Å². The molecule has 1 unspecified atom stereocenters. The number of hydrogen-bond donors (Lipinski definition) is 5. The Morgan fingerprint density at radius 2 is 1.92 bits per heavy atom. The molecule has 37 heavy (non-hydrogen) atoms. The molecule has 1 aliphatic heterocycles. The van der Waals surface area contributed by atoms with Gasteiger partial charge in [0.05, 0.1) is 11.6 Å². The first-order valence-electron chi connectivity index (χ1n) is 12.3. The number of nitrogens with zero attached hydrogens (tertiary/aromatic N) is 5. The van der Waals surface area contributed by atoms with E-state index in [0.717, 1.165) is 5.69 Å². The van der Waals surface area contributed by atoms with Crippen LogP contribution in [0.4, 0.5) is 16.3 Å². The van der Waals surface area contributed by atoms with Crippen LogP contribution in [0.25, 0.3) is 11.0 Å². The molecule has 1 aliphatic rings. The first-order chi connectivity index (χ1) is 17.5. The number of carbonyl (C=O) groups excluding carboxylic acids is 1. The first kappa shape index (κ1) is 26.7. The highest BCUT2D eigenvalue weighted by Gasteiger charge is 2.45. The van der Waals surface area contributed by atoms with Gasteiger partial charge in [0, 0.05) is 18.8 Å². The third-order valence-electron chi connectivity index (χ3n) is 6.50. The fourth-order valence-corrected chi connectivity index (χ4v) is 4.33. The van der Waals surface area contributed by atoms with E-state index in [0.29, 0.717) is 37.1 Å². The minimum atomic E-state index is -1.18. The van der Waals surface area contributed by atoms with Crippen LogP contribution in [0.2, 0.25) is 0 Å². The van der Waals surface area contributed by atoms with E-state index in [2.05, 4.69) is 46.5 Å². The fourth-order valence-electron chi connectivity index (χ4n) is 4.33. The van der Waals surface area contributed by atoms with Gasteiger partial charge >= 0.3 is 6.03 Å². The van der Waals surface area contributed by atoms with Crippen LogP contribution < -0.4 is 16.4 Å². The van der Waals surface area contributed by atoms with Crippen LogP contribution in [0, 0.1) is 0 Å². The number of carbonyl (C=O) groups is 1. The molecule has 0 aliphatic carbocycles. The number of nitrogens with one attached hydrogen (secondary N) is 2. The maximum absolute atomic E-state index is 12.2. The van der Waals surface area contributed by atoms with Gasteiger partial charge in [0.15, 0.2) is 11.9 Å². The van der Waals surface area contributed by atoms with Crippen molar-refractivity contribution in [3.63, 3.8) is 0 Å². The number of fused-ring (bicyclic) bond motifs is 1. The minimum absolute atomic E-state index is 0.0580. The van der Waals surface area contributed by atoms with E-state index in [-0.39, 0.29) is 17.3 Å². The molecule has 12 heteroatoms. The Hall–Kier alpha value is -3.32. The maximum atomic E-state index is 12.2. The van der Waals surface area contributed by atoms with E-state index < -0.39 is 24.5 Å². The molecule has 2 amide bonds. The van der Waals surface area contributed by atoms with Crippen LogP contribution in [0.5, 0.6) is 0 Å². The molecule has 3 aromatic rings. The number of likely N-dealkylation sites (N-methyl/N-ethyl adjacent to an activating group) is 1. The highest BCUT2D eigenvalue weighted by molar-refractivity contribution is 5.89. The molecule has 2 aromatic heterocycles. The Balaban J connectivity index is 1.21. The van der Waals surface area contributed by atoms with Gasteiger partial charge in [-0.15, -0.1) is 0 Å². The highest BCUT2D eigenvalue weighted by atomic mass is 16.6. The molecular formula is C25H36N8O4. The Morgan fingerprint density at radius 3 is 2.62 bits per heavy atom. The SMILES string of the molecule is CN(CCCNC(=O)Nc1ccc(C(C)(C)C)cc1)C[C@H]1O[C@@H](n2ncc3c(N)ncnc32)C(O)[C@@H]1O. The molecule has 4 atom stereocenters. The molecule has 0 saturated carbocycles. The van der Waals surface area contributed by atoms with Crippen molar-refractivity contribution in [2.75, 3.05) is 37.7 Å². The van der Waals surface area contributed by atoms with Crippen LogP contribution in [0.1, 0.15) is 39.0 Å². The van der Waals surface area contributed by atoms with Crippen molar-refractivity contribution >= 4 is 28.6 Å². The normalized spacial score (nSPS) is 22.0. The summed E-state index contributed by atoms with van der Waals surface area (Å²) in [4.78, 5) is 22.3. The summed E-state index contributed by atoms with van der Waals surface area (Å²) in [6.07, 6.45) is -0.285. The number of urea groups is 1. The number of rotatable bonds is 8. The van der Waals surface area contributed by atoms with Crippen molar-refractivity contribution in [3.8, 4) is 0 Å². The van der Waals surface area contributed by atoms with Gasteiger partial charge in [0.2, 0.25) is 0 Å². The quantitative estimate of drug-likeness (QED) is 0.281. The molecule has 12 nitrogen and oxygen atoms in total. The van der Waals surface area contributed by atoms with Crippen molar-refractivity contribution < 1.29 is 19.7 Å². The Kier molecular flexibility index (Phi) is 7.93. The molecule has 6 N–H and O–H groups in total. The third kappa shape index (κ3) is 6.16. The van der Waals surface area contributed by atoms with Crippen LogP contribution >= 0.6 is 0 Å². The second-order valence-corrected chi connectivity index (χ2v) is 10.5. The highest BCUT2D eigenvalue weighted by Crippen LogP contribution is 2.32. The lowest BCUT2D eigenvalue weighted by atomic mass is 9.87. The molecule has 1 fully saturated rings. The minimum Gasteiger partial charge on any atom is -0.387 e. The molecule has 0 radical (unpaired) electrons. The van der Waals surface area contributed by atoms with Gasteiger partial charge in [-0.05, 0) is 43.1 Å². The maximum Gasteiger partial charge on any atom is 0.319 e. The average Bonchev–Trinajstić information content (AvgIpc) is 3.39. The molecule has 4 rings (SSSR count). The zero-order valence-corrected chi connectivity index (χ0v) is 21.6. The van der Waals surface area contributed by atoms with Gasteiger partial charge < -0.3 is 36.2 Å². The number of nitrogens with two attached hydrogens (primary N) is 1. The average molecular weight is 513 g/mol. The topological polar surface area (TPSA) is 164 Å². The summed E-state index contributed by atoms with van der Waals surface area (Å²) in [5.74, 6) is 0.279. The summed E-state index contributed by atoms with van der Waals surface area (Å²) in [6, 6.07) is 7.57. The Bertz CT molecular complexity index is 1210. The molecule has 1 saturated heterocycles. The summed E-state index contributed by atoms with van der Waals surface area (Å²) < 4.78 is 7.38. The predicted molar refractivity (Wildman–Crippen MR) is 140 cm³/mol. The summed E-state index contributed by atoms with van der Waals surface area (Å²) >= 11 is 0. The van der Waals surface area contributed by atoms with Crippen molar-refractivity contribution in [1.82, 2.24) is 30.0 Å². The monoisotopic (exact) mass is 512 g/mol. The van der Waals surface area contributed by atoms with Crippen LogP contribution in [-0.2, 0) is 10.2 Å². The van der Waals surface area contributed by atoms with Crippen molar-refractivity contribution in [1.29, 1.82) is 0 Å². The number of ether oxygens (including phenoxy) is 1. The predicted octanol–water partition coefficient (Wildman–Crippen LogP) is 1.47. The van der Waals surface area contributed by atoms with Gasteiger partial charge in [-0.2, -0.15) is 5.10 Å². The van der Waals surface area contributed by atoms with Crippen molar-refractivity contribution in [2.24, 2.45) is 0 Å². The zero-order valence-electron chi connectivity index (χ0n) is 21.6. The van der Waals surface area contributed by atoms with E-state index >= 15 is 0 Å². The number of aliphatic hydroxyl groups is 2.